The van der Waals surface area contributed by atoms with E-state index in [9.17, 15) is 0 Å². The zero-order valence-electron chi connectivity index (χ0n) is 35.6. The van der Waals surface area contributed by atoms with Gasteiger partial charge in [0, 0.05) is 51.3 Å². The lowest BCUT2D eigenvalue weighted by atomic mass is 9.98. The highest BCUT2D eigenvalue weighted by atomic mass is 14.9. The molecule has 0 aliphatic rings. The quantitative estimate of drug-likeness (QED) is 0.135. The molecule has 4 aromatic heterocycles. The summed E-state index contributed by atoms with van der Waals surface area (Å²) in [7, 11) is 0. The van der Waals surface area contributed by atoms with Crippen LogP contribution in [0, 0.1) is 0 Å². The molecular weight excluding hydrogens is 807 g/mol. The average Bonchev–Trinajstić information content (AvgIpc) is 3.42. The van der Waals surface area contributed by atoms with Gasteiger partial charge < -0.3 is 0 Å². The van der Waals surface area contributed by atoms with Crippen molar-refractivity contribution in [1.29, 1.82) is 0 Å². The molecule has 0 amide bonds. The number of rotatable bonds is 10. The molecule has 4 heterocycles. The van der Waals surface area contributed by atoms with Crippen LogP contribution >= 0.6 is 0 Å². The van der Waals surface area contributed by atoms with Gasteiger partial charge in [0.2, 0.25) is 0 Å². The smallest absolute Gasteiger partial charge is 0.160 e. The van der Waals surface area contributed by atoms with Crippen molar-refractivity contribution in [2.45, 2.75) is 0 Å². The van der Waals surface area contributed by atoms with Crippen molar-refractivity contribution in [3.05, 3.63) is 237 Å². The van der Waals surface area contributed by atoms with Crippen LogP contribution in [-0.2, 0) is 0 Å². The van der Waals surface area contributed by atoms with Gasteiger partial charge in [-0.1, -0.05) is 194 Å². The lowest BCUT2D eigenvalue weighted by molar-refractivity contribution is 1.13. The molecule has 11 rings (SSSR count). The number of hydrogen-bond donors (Lipinski definition) is 0. The number of nitrogens with zero attached hydrogens (tertiary/aromatic N) is 7. The van der Waals surface area contributed by atoms with Crippen molar-refractivity contribution in [1.82, 2.24) is 34.9 Å². The Balaban J connectivity index is 0.883. The molecule has 310 valence electrons. The minimum Gasteiger partial charge on any atom is -0.265 e. The fourth-order valence-corrected chi connectivity index (χ4v) is 8.00. The van der Waals surface area contributed by atoms with E-state index >= 15 is 0 Å². The lowest BCUT2D eigenvalue weighted by Gasteiger charge is -2.12. The maximum Gasteiger partial charge on any atom is 0.160 e. The van der Waals surface area contributed by atoms with Crippen LogP contribution in [0.4, 0.5) is 0 Å². The summed E-state index contributed by atoms with van der Waals surface area (Å²) in [4.78, 5) is 34.4. The van der Waals surface area contributed by atoms with Gasteiger partial charge in [0.1, 0.15) is 0 Å². The summed E-state index contributed by atoms with van der Waals surface area (Å²) in [6.45, 7) is 0. The van der Waals surface area contributed by atoms with Crippen LogP contribution in [0.2, 0.25) is 0 Å². The van der Waals surface area contributed by atoms with Gasteiger partial charge >= 0.3 is 0 Å². The Bertz CT molecular complexity index is 3290. The van der Waals surface area contributed by atoms with Crippen LogP contribution in [-0.4, -0.2) is 34.9 Å². The van der Waals surface area contributed by atoms with Crippen LogP contribution in [0.3, 0.4) is 0 Å². The first kappa shape index (κ1) is 39.8. The topological polar surface area (TPSA) is 90.2 Å². The minimum atomic E-state index is 0.626. The van der Waals surface area contributed by atoms with Crippen LogP contribution in [0.25, 0.3) is 113 Å². The van der Waals surface area contributed by atoms with Crippen molar-refractivity contribution < 1.29 is 0 Å². The van der Waals surface area contributed by atoms with Crippen molar-refractivity contribution in [3.63, 3.8) is 0 Å². The third kappa shape index (κ3) is 8.52. The highest BCUT2D eigenvalue weighted by Crippen LogP contribution is 2.34. The van der Waals surface area contributed by atoms with Crippen molar-refractivity contribution in [3.8, 4) is 113 Å². The van der Waals surface area contributed by atoms with Gasteiger partial charge in [0.15, 0.2) is 17.5 Å². The molecule has 0 spiro atoms. The zero-order chi connectivity index (χ0) is 44.1. The average molecular weight is 846 g/mol. The molecule has 0 unspecified atom stereocenters. The van der Waals surface area contributed by atoms with E-state index in [4.69, 9.17) is 29.9 Å². The Kier molecular flexibility index (Phi) is 10.8. The van der Waals surface area contributed by atoms with Crippen molar-refractivity contribution >= 4 is 0 Å². The highest BCUT2D eigenvalue weighted by molar-refractivity contribution is 5.78. The van der Waals surface area contributed by atoms with Crippen molar-refractivity contribution in [2.75, 3.05) is 0 Å². The summed E-state index contributed by atoms with van der Waals surface area (Å²) in [5.41, 5.74) is 16.1. The van der Waals surface area contributed by atoms with Gasteiger partial charge in [-0.3, -0.25) is 4.98 Å². The fraction of sp³-hybridized carbons (Fsp3) is 0. The third-order valence-electron chi connectivity index (χ3n) is 11.5. The second kappa shape index (κ2) is 18.0. The number of aromatic nitrogens is 7. The fourth-order valence-electron chi connectivity index (χ4n) is 8.00. The second-order valence-corrected chi connectivity index (χ2v) is 15.8. The summed E-state index contributed by atoms with van der Waals surface area (Å²) in [5.74, 6) is 1.95. The molecule has 7 nitrogen and oxygen atoms in total. The predicted octanol–water partition coefficient (Wildman–Crippen LogP) is 14.1. The van der Waals surface area contributed by atoms with Gasteiger partial charge in [-0.2, -0.15) is 0 Å². The highest BCUT2D eigenvalue weighted by Gasteiger charge is 2.16. The normalized spacial score (nSPS) is 11.0. The predicted molar refractivity (Wildman–Crippen MR) is 265 cm³/mol. The van der Waals surface area contributed by atoms with Gasteiger partial charge in [-0.25, -0.2) is 29.9 Å². The summed E-state index contributed by atoms with van der Waals surface area (Å²) in [5, 5.41) is 0. The van der Waals surface area contributed by atoms with Gasteiger partial charge in [0.25, 0.3) is 0 Å². The maximum absolute atomic E-state index is 5.11. The largest absolute Gasteiger partial charge is 0.265 e. The first-order chi connectivity index (χ1) is 32.7. The Hall–Kier alpha value is -9.07. The van der Waals surface area contributed by atoms with Gasteiger partial charge in [-0.15, -0.1) is 0 Å². The third-order valence-corrected chi connectivity index (χ3v) is 11.5. The number of benzene rings is 7. The molecule has 0 fully saturated rings. The molecular formula is C59H39N7. The van der Waals surface area contributed by atoms with Gasteiger partial charge in [0.05, 0.1) is 34.2 Å². The molecule has 0 saturated carbocycles. The molecule has 0 aliphatic carbocycles. The van der Waals surface area contributed by atoms with E-state index < -0.39 is 0 Å². The zero-order valence-corrected chi connectivity index (χ0v) is 35.6. The van der Waals surface area contributed by atoms with Crippen LogP contribution in [0.5, 0.6) is 0 Å². The standard InChI is InChI=1S/C59H39N7/c1-5-13-44(14-6-1)53-38-55(65-58(63-53)49-17-9-3-10-18-49)56-39-54(64-59(66-56)50-19-11-4-12-20-50)46-31-27-43(28-32-46)41-23-21-40(22-24-41)42-25-29-45(30-26-42)51-37-52(47-33-35-60-36-34-47)62-57(61-51)48-15-7-2-8-16-48/h1-39H. The SMILES string of the molecule is c1ccc(-c2cc(-c3cc(-c4ccc(-c5ccc(-c6ccc(-c7cc(-c8ccncc8)nc(-c8ccccc8)n7)cc6)cc5)cc4)nc(-c4ccccc4)n3)nc(-c3ccccc3)n2)cc1. The minimum absolute atomic E-state index is 0.626. The van der Waals surface area contributed by atoms with Crippen LogP contribution in [0.1, 0.15) is 0 Å². The molecule has 0 saturated heterocycles. The molecule has 7 heteroatoms. The molecule has 0 aliphatic heterocycles. The summed E-state index contributed by atoms with van der Waals surface area (Å²) in [6.07, 6.45) is 3.58. The Labute approximate surface area is 383 Å². The molecule has 0 N–H and O–H groups in total. The van der Waals surface area contributed by atoms with Crippen LogP contribution < -0.4 is 0 Å². The van der Waals surface area contributed by atoms with E-state index in [1.807, 2.05) is 140 Å². The summed E-state index contributed by atoms with van der Waals surface area (Å²) < 4.78 is 0. The molecule has 66 heavy (non-hydrogen) atoms. The summed E-state index contributed by atoms with van der Waals surface area (Å²) in [6, 6.07) is 76.3. The Morgan fingerprint density at radius 3 is 0.727 bits per heavy atom. The van der Waals surface area contributed by atoms with E-state index in [1.54, 1.807) is 12.4 Å². The van der Waals surface area contributed by atoms with E-state index in [2.05, 4.69) is 89.9 Å². The Morgan fingerprint density at radius 2 is 0.409 bits per heavy atom. The molecule has 7 aromatic carbocycles. The van der Waals surface area contributed by atoms with E-state index in [0.717, 1.165) is 89.7 Å². The van der Waals surface area contributed by atoms with E-state index in [-0.39, 0.29) is 0 Å². The first-order valence-corrected chi connectivity index (χ1v) is 21.8. The van der Waals surface area contributed by atoms with Crippen molar-refractivity contribution in [2.24, 2.45) is 0 Å². The van der Waals surface area contributed by atoms with Gasteiger partial charge in [-0.05, 0) is 52.6 Å². The Morgan fingerprint density at radius 1 is 0.182 bits per heavy atom. The molecule has 11 aromatic rings. The summed E-state index contributed by atoms with van der Waals surface area (Å²) >= 11 is 0. The molecule has 0 atom stereocenters. The lowest BCUT2D eigenvalue weighted by Crippen LogP contribution is -2.00. The van der Waals surface area contributed by atoms with Crippen LogP contribution in [0.15, 0.2) is 237 Å². The number of hydrogen-bond acceptors (Lipinski definition) is 7. The second-order valence-electron chi connectivity index (χ2n) is 15.8. The maximum atomic E-state index is 5.11. The molecule has 0 radical (unpaired) electrons. The van der Waals surface area contributed by atoms with E-state index in [0.29, 0.717) is 23.2 Å². The molecule has 0 bridgehead atoms. The first-order valence-electron chi connectivity index (χ1n) is 21.8. The number of pyridine rings is 1. The van der Waals surface area contributed by atoms with E-state index in [1.165, 1.54) is 0 Å². The monoisotopic (exact) mass is 845 g/mol.